The first-order chi connectivity index (χ1) is 14.9. The summed E-state index contributed by atoms with van der Waals surface area (Å²) >= 11 is 0. The smallest absolute Gasteiger partial charge is 0.196 e. The standard InChI is InChI=1S/C26H27N3O2/c1-16-14-20(18(3)28-22-12-9-13-27-26(22)29(4)5)25-21(15-16)23(30)17(2)24(31-25)19-10-7-6-8-11-19/h6-15,18,28H,1-5H3/t18-/m1/s1. The van der Waals surface area contributed by atoms with Crippen LogP contribution in [0.2, 0.25) is 0 Å². The molecule has 5 heteroatoms. The lowest BCUT2D eigenvalue weighted by Crippen LogP contribution is -2.16. The normalized spacial score (nSPS) is 12.0. The predicted octanol–water partition coefficient (Wildman–Crippen LogP) is 5.71. The fourth-order valence-corrected chi connectivity index (χ4v) is 3.93. The molecular formula is C26H27N3O2. The number of aryl methyl sites for hydroxylation is 1. The second-order valence-electron chi connectivity index (χ2n) is 8.12. The summed E-state index contributed by atoms with van der Waals surface area (Å²) in [7, 11) is 3.93. The van der Waals surface area contributed by atoms with Crippen LogP contribution in [-0.4, -0.2) is 19.1 Å². The second-order valence-corrected chi connectivity index (χ2v) is 8.12. The van der Waals surface area contributed by atoms with Crippen molar-refractivity contribution in [3.05, 3.63) is 87.7 Å². The van der Waals surface area contributed by atoms with E-state index in [1.54, 1.807) is 6.20 Å². The van der Waals surface area contributed by atoms with Crippen molar-refractivity contribution in [1.29, 1.82) is 0 Å². The molecule has 2 aromatic carbocycles. The molecule has 2 heterocycles. The van der Waals surface area contributed by atoms with Gasteiger partial charge in [0.1, 0.15) is 11.3 Å². The number of pyridine rings is 1. The highest BCUT2D eigenvalue weighted by atomic mass is 16.3. The van der Waals surface area contributed by atoms with Gasteiger partial charge in [-0.15, -0.1) is 0 Å². The van der Waals surface area contributed by atoms with E-state index < -0.39 is 0 Å². The van der Waals surface area contributed by atoms with Crippen molar-refractivity contribution in [2.45, 2.75) is 26.8 Å². The summed E-state index contributed by atoms with van der Waals surface area (Å²) < 4.78 is 6.42. The van der Waals surface area contributed by atoms with Crippen molar-refractivity contribution >= 4 is 22.5 Å². The van der Waals surface area contributed by atoms with Gasteiger partial charge in [-0.2, -0.15) is 0 Å². The number of anilines is 2. The summed E-state index contributed by atoms with van der Waals surface area (Å²) in [6, 6.07) is 17.6. The Morgan fingerprint density at radius 1 is 1.03 bits per heavy atom. The maximum absolute atomic E-state index is 13.3. The number of hydrogen-bond acceptors (Lipinski definition) is 5. The van der Waals surface area contributed by atoms with Gasteiger partial charge < -0.3 is 14.6 Å². The zero-order valence-electron chi connectivity index (χ0n) is 18.6. The molecule has 4 rings (SSSR count). The molecule has 1 N–H and O–H groups in total. The number of nitrogens with one attached hydrogen (secondary N) is 1. The van der Waals surface area contributed by atoms with E-state index in [0.717, 1.165) is 28.2 Å². The van der Waals surface area contributed by atoms with Crippen molar-refractivity contribution in [3.8, 4) is 11.3 Å². The molecule has 0 spiro atoms. The van der Waals surface area contributed by atoms with Gasteiger partial charge in [0.25, 0.3) is 0 Å². The molecule has 0 saturated heterocycles. The molecule has 0 aliphatic heterocycles. The molecule has 5 nitrogen and oxygen atoms in total. The van der Waals surface area contributed by atoms with Crippen LogP contribution >= 0.6 is 0 Å². The molecule has 0 aliphatic carbocycles. The van der Waals surface area contributed by atoms with Crippen LogP contribution in [0.4, 0.5) is 11.5 Å². The second kappa shape index (κ2) is 8.26. The third-order valence-electron chi connectivity index (χ3n) is 5.48. The highest BCUT2D eigenvalue weighted by molar-refractivity contribution is 5.84. The molecule has 0 saturated carbocycles. The Morgan fingerprint density at radius 3 is 2.48 bits per heavy atom. The first kappa shape index (κ1) is 20.7. The highest BCUT2D eigenvalue weighted by Crippen LogP contribution is 2.33. The van der Waals surface area contributed by atoms with E-state index in [9.17, 15) is 4.79 Å². The van der Waals surface area contributed by atoms with E-state index in [0.29, 0.717) is 22.3 Å². The lowest BCUT2D eigenvalue weighted by Gasteiger charge is -2.22. The van der Waals surface area contributed by atoms with E-state index >= 15 is 0 Å². The summed E-state index contributed by atoms with van der Waals surface area (Å²) in [6.45, 7) is 5.91. The minimum Gasteiger partial charge on any atom is -0.455 e. The molecule has 31 heavy (non-hydrogen) atoms. The van der Waals surface area contributed by atoms with Gasteiger partial charge in [-0.3, -0.25) is 4.79 Å². The lowest BCUT2D eigenvalue weighted by molar-refractivity contribution is 0.605. The third-order valence-corrected chi connectivity index (χ3v) is 5.48. The van der Waals surface area contributed by atoms with Crippen molar-refractivity contribution in [3.63, 3.8) is 0 Å². The molecule has 158 valence electrons. The number of fused-ring (bicyclic) bond motifs is 1. The van der Waals surface area contributed by atoms with E-state index in [1.807, 2.05) is 81.4 Å². The Morgan fingerprint density at radius 2 is 1.77 bits per heavy atom. The van der Waals surface area contributed by atoms with Crippen LogP contribution in [0.1, 0.15) is 29.7 Å². The van der Waals surface area contributed by atoms with Gasteiger partial charge in [0.15, 0.2) is 11.2 Å². The summed E-state index contributed by atoms with van der Waals surface area (Å²) in [5.41, 5.74) is 5.04. The minimum absolute atomic E-state index is 0.00705. The van der Waals surface area contributed by atoms with Crippen LogP contribution in [0.3, 0.4) is 0 Å². The zero-order chi connectivity index (χ0) is 22.1. The molecule has 0 fully saturated rings. The molecule has 0 bridgehead atoms. The number of rotatable bonds is 5. The molecule has 0 radical (unpaired) electrons. The van der Waals surface area contributed by atoms with Crippen molar-refractivity contribution in [2.24, 2.45) is 0 Å². The van der Waals surface area contributed by atoms with E-state index in [2.05, 4.69) is 23.3 Å². The average Bonchev–Trinajstić information content (AvgIpc) is 2.77. The Bertz CT molecular complexity index is 1290. The van der Waals surface area contributed by atoms with Crippen LogP contribution in [0.25, 0.3) is 22.3 Å². The third kappa shape index (κ3) is 3.91. The average molecular weight is 414 g/mol. The molecule has 4 aromatic rings. The minimum atomic E-state index is -0.0974. The lowest BCUT2D eigenvalue weighted by atomic mass is 9.99. The van der Waals surface area contributed by atoms with Crippen LogP contribution in [0.5, 0.6) is 0 Å². The summed E-state index contributed by atoms with van der Waals surface area (Å²) in [5, 5.41) is 4.17. The van der Waals surface area contributed by atoms with Crippen LogP contribution in [-0.2, 0) is 0 Å². The van der Waals surface area contributed by atoms with Gasteiger partial charge in [0.2, 0.25) is 0 Å². The number of hydrogen-bond donors (Lipinski definition) is 1. The maximum Gasteiger partial charge on any atom is 0.196 e. The Kier molecular flexibility index (Phi) is 5.51. The summed E-state index contributed by atoms with van der Waals surface area (Å²) in [5.74, 6) is 1.47. The van der Waals surface area contributed by atoms with E-state index in [1.165, 1.54) is 0 Å². The van der Waals surface area contributed by atoms with Gasteiger partial charge in [-0.25, -0.2) is 4.98 Å². The van der Waals surface area contributed by atoms with Gasteiger partial charge in [-0.05, 0) is 44.5 Å². The van der Waals surface area contributed by atoms with Gasteiger partial charge in [0, 0.05) is 37.0 Å². The first-order valence-electron chi connectivity index (χ1n) is 10.4. The molecule has 0 amide bonds. The summed E-state index contributed by atoms with van der Waals surface area (Å²) in [6.07, 6.45) is 1.78. The number of nitrogens with zero attached hydrogens (tertiary/aromatic N) is 2. The van der Waals surface area contributed by atoms with Crippen LogP contribution in [0, 0.1) is 13.8 Å². The molecule has 0 unspecified atom stereocenters. The van der Waals surface area contributed by atoms with Crippen LogP contribution in [0.15, 0.2) is 70.0 Å². The van der Waals surface area contributed by atoms with Crippen LogP contribution < -0.4 is 15.6 Å². The maximum atomic E-state index is 13.3. The fraction of sp³-hybridized carbons (Fsp3) is 0.231. The molecule has 0 aliphatic rings. The van der Waals surface area contributed by atoms with Crippen molar-refractivity contribution < 1.29 is 4.42 Å². The van der Waals surface area contributed by atoms with Gasteiger partial charge >= 0.3 is 0 Å². The quantitative estimate of drug-likeness (QED) is 0.454. The largest absolute Gasteiger partial charge is 0.455 e. The van der Waals surface area contributed by atoms with E-state index in [-0.39, 0.29) is 11.5 Å². The highest BCUT2D eigenvalue weighted by Gasteiger charge is 2.19. The Hall–Kier alpha value is -3.60. The SMILES string of the molecule is Cc1cc([C@@H](C)Nc2cccnc2N(C)C)c2oc(-c3ccccc3)c(C)c(=O)c2c1. The summed E-state index contributed by atoms with van der Waals surface area (Å²) in [4.78, 5) is 19.7. The molecule has 1 atom stereocenters. The Labute approximate surface area is 182 Å². The van der Waals surface area contributed by atoms with Gasteiger partial charge in [-0.1, -0.05) is 36.4 Å². The topological polar surface area (TPSA) is 58.4 Å². The van der Waals surface area contributed by atoms with E-state index in [4.69, 9.17) is 4.42 Å². The van der Waals surface area contributed by atoms with Gasteiger partial charge in [0.05, 0.1) is 17.1 Å². The Balaban J connectivity index is 1.88. The monoisotopic (exact) mass is 413 g/mol. The van der Waals surface area contributed by atoms with Crippen molar-refractivity contribution in [2.75, 3.05) is 24.3 Å². The fourth-order valence-electron chi connectivity index (χ4n) is 3.93. The first-order valence-corrected chi connectivity index (χ1v) is 10.4. The zero-order valence-corrected chi connectivity index (χ0v) is 18.6. The van der Waals surface area contributed by atoms with Crippen molar-refractivity contribution in [1.82, 2.24) is 4.98 Å². The predicted molar refractivity (Wildman–Crippen MR) is 128 cm³/mol. The number of aromatic nitrogens is 1. The molecule has 2 aromatic heterocycles. The molecular weight excluding hydrogens is 386 g/mol. The number of benzene rings is 2.